The van der Waals surface area contributed by atoms with Crippen molar-refractivity contribution in [1.29, 1.82) is 5.26 Å². The van der Waals surface area contributed by atoms with Crippen molar-refractivity contribution < 1.29 is 4.74 Å². The molecule has 1 unspecified atom stereocenters. The highest BCUT2D eigenvalue weighted by Crippen LogP contribution is 2.54. The lowest BCUT2D eigenvalue weighted by molar-refractivity contribution is 0.173. The molecule has 1 aliphatic carbocycles. The van der Waals surface area contributed by atoms with Crippen LogP contribution in [0, 0.1) is 29.1 Å². The molecule has 0 amide bonds. The van der Waals surface area contributed by atoms with Gasteiger partial charge in [-0.25, -0.2) is 0 Å². The average Bonchev–Trinajstić information content (AvgIpc) is 2.73. The molecule has 0 heterocycles. The van der Waals surface area contributed by atoms with E-state index < -0.39 is 4.33 Å². The van der Waals surface area contributed by atoms with Crippen molar-refractivity contribution in [2.45, 2.75) is 23.6 Å². The van der Waals surface area contributed by atoms with Crippen molar-refractivity contribution in [3.63, 3.8) is 0 Å². The summed E-state index contributed by atoms with van der Waals surface area (Å²) in [5, 5.41) is 8.21. The van der Waals surface area contributed by atoms with E-state index in [2.05, 4.69) is 11.8 Å². The van der Waals surface area contributed by atoms with Gasteiger partial charge in [0, 0.05) is 12.3 Å². The summed E-state index contributed by atoms with van der Waals surface area (Å²) in [4.78, 5) is 0. The van der Waals surface area contributed by atoms with Crippen LogP contribution in [-0.2, 0) is 4.74 Å². The van der Waals surface area contributed by atoms with Crippen molar-refractivity contribution in [3.8, 4) is 17.9 Å². The van der Waals surface area contributed by atoms with Crippen molar-refractivity contribution >= 4 is 23.2 Å². The number of hydrogen-bond acceptors (Lipinski definition) is 2. The summed E-state index contributed by atoms with van der Waals surface area (Å²) in [6.45, 7) is 0.829. The molecular formula is C10H11Cl2NO. The summed E-state index contributed by atoms with van der Waals surface area (Å²) in [7, 11) is 0. The van der Waals surface area contributed by atoms with Crippen LogP contribution in [0.3, 0.4) is 0 Å². The molecule has 0 radical (unpaired) electrons. The number of alkyl halides is 2. The predicted molar refractivity (Wildman–Crippen MR) is 56.0 cm³/mol. The molecule has 1 fully saturated rings. The molecule has 0 aliphatic heterocycles. The summed E-state index contributed by atoms with van der Waals surface area (Å²) in [5.74, 6) is 6.12. The largest absolute Gasteiger partial charge is 0.368 e. The highest BCUT2D eigenvalue weighted by molar-refractivity contribution is 6.50. The van der Waals surface area contributed by atoms with Gasteiger partial charge < -0.3 is 4.74 Å². The Hall–Kier alpha value is -0.410. The lowest BCUT2D eigenvalue weighted by Gasteiger charge is -1.93. The van der Waals surface area contributed by atoms with Gasteiger partial charge in [0.1, 0.15) is 10.9 Å². The summed E-state index contributed by atoms with van der Waals surface area (Å²) in [6.07, 6.45) is 1.98. The highest BCUT2D eigenvalue weighted by atomic mass is 35.5. The van der Waals surface area contributed by atoms with Crippen molar-refractivity contribution in [2.24, 2.45) is 5.92 Å². The number of halogens is 2. The summed E-state index contributed by atoms with van der Waals surface area (Å²) in [5.41, 5.74) is 0. The van der Waals surface area contributed by atoms with Gasteiger partial charge >= 0.3 is 0 Å². The standard InChI is InChI=1S/C10H11Cl2NO/c11-10(12)8-9(10)4-1-2-6-14-7-3-5-13/h9H,3-4,6-8H2. The van der Waals surface area contributed by atoms with E-state index in [0.717, 1.165) is 12.8 Å². The lowest BCUT2D eigenvalue weighted by atomic mass is 10.3. The van der Waals surface area contributed by atoms with Gasteiger partial charge in [0.15, 0.2) is 0 Å². The molecule has 2 nitrogen and oxygen atoms in total. The fraction of sp³-hybridized carbons (Fsp3) is 0.700. The second-order valence-electron chi connectivity index (χ2n) is 3.18. The maximum atomic E-state index is 8.21. The molecule has 0 saturated heterocycles. The zero-order chi connectivity index (χ0) is 10.4. The van der Waals surface area contributed by atoms with E-state index in [-0.39, 0.29) is 0 Å². The zero-order valence-corrected chi connectivity index (χ0v) is 9.24. The third-order valence-corrected chi connectivity index (χ3v) is 2.89. The molecule has 1 atom stereocenters. The minimum absolute atomic E-state index is 0.317. The van der Waals surface area contributed by atoms with Crippen molar-refractivity contribution in [1.82, 2.24) is 0 Å². The van der Waals surface area contributed by atoms with Crippen LogP contribution in [0.1, 0.15) is 19.3 Å². The van der Waals surface area contributed by atoms with Crippen LogP contribution in [0.5, 0.6) is 0 Å². The maximum Gasteiger partial charge on any atom is 0.122 e. The third-order valence-electron chi connectivity index (χ3n) is 1.96. The van der Waals surface area contributed by atoms with Crippen molar-refractivity contribution in [2.75, 3.05) is 13.2 Å². The van der Waals surface area contributed by atoms with Gasteiger partial charge in [0.05, 0.1) is 19.1 Å². The van der Waals surface area contributed by atoms with Crippen LogP contribution < -0.4 is 0 Å². The summed E-state index contributed by atoms with van der Waals surface area (Å²) in [6, 6.07) is 1.99. The quantitative estimate of drug-likeness (QED) is 0.424. The summed E-state index contributed by atoms with van der Waals surface area (Å²) < 4.78 is 4.53. The van der Waals surface area contributed by atoms with Gasteiger partial charge in [-0.3, -0.25) is 0 Å². The first-order chi connectivity index (χ1) is 6.67. The second kappa shape index (κ2) is 5.47. The van der Waals surface area contributed by atoms with E-state index in [0.29, 0.717) is 25.6 Å². The van der Waals surface area contributed by atoms with Crippen LogP contribution >= 0.6 is 23.2 Å². The summed E-state index contributed by atoms with van der Waals surface area (Å²) >= 11 is 11.6. The SMILES string of the molecule is N#CCCOCC#CCC1CC1(Cl)Cl. The molecular weight excluding hydrogens is 221 g/mol. The maximum absolute atomic E-state index is 8.21. The molecule has 14 heavy (non-hydrogen) atoms. The molecule has 0 spiro atoms. The molecule has 76 valence electrons. The minimum atomic E-state index is -0.531. The van der Waals surface area contributed by atoms with Gasteiger partial charge in [-0.05, 0) is 6.42 Å². The monoisotopic (exact) mass is 231 g/mol. The van der Waals surface area contributed by atoms with Gasteiger partial charge in [0.25, 0.3) is 0 Å². The Kier molecular flexibility index (Phi) is 4.55. The van der Waals surface area contributed by atoms with Crippen LogP contribution in [-0.4, -0.2) is 17.5 Å². The number of hydrogen-bond donors (Lipinski definition) is 0. The third kappa shape index (κ3) is 4.20. The number of nitriles is 1. The van der Waals surface area contributed by atoms with Crippen LogP contribution in [0.25, 0.3) is 0 Å². The zero-order valence-electron chi connectivity index (χ0n) is 7.72. The fourth-order valence-electron chi connectivity index (χ4n) is 0.978. The van der Waals surface area contributed by atoms with Gasteiger partial charge in [-0.1, -0.05) is 5.92 Å². The van der Waals surface area contributed by atoms with E-state index in [4.69, 9.17) is 33.2 Å². The Bertz CT molecular complexity index is 285. The van der Waals surface area contributed by atoms with E-state index in [1.54, 1.807) is 0 Å². The molecule has 0 aromatic carbocycles. The normalized spacial score (nSPS) is 21.9. The molecule has 0 N–H and O–H groups in total. The van der Waals surface area contributed by atoms with Crippen molar-refractivity contribution in [3.05, 3.63) is 0 Å². The van der Waals surface area contributed by atoms with E-state index >= 15 is 0 Å². The van der Waals surface area contributed by atoms with E-state index in [9.17, 15) is 0 Å². The highest BCUT2D eigenvalue weighted by Gasteiger charge is 2.50. The Balaban J connectivity index is 1.97. The van der Waals surface area contributed by atoms with Gasteiger partial charge in [-0.2, -0.15) is 5.26 Å². The molecule has 0 aromatic rings. The van der Waals surface area contributed by atoms with E-state index in [1.165, 1.54) is 0 Å². The Morgan fingerprint density at radius 2 is 2.14 bits per heavy atom. The molecule has 0 bridgehead atoms. The number of rotatable bonds is 4. The molecule has 1 saturated carbocycles. The molecule has 0 aromatic heterocycles. The average molecular weight is 232 g/mol. The number of nitrogens with zero attached hydrogens (tertiary/aromatic N) is 1. The predicted octanol–water partition coefficient (Wildman–Crippen LogP) is 2.50. The minimum Gasteiger partial charge on any atom is -0.368 e. The topological polar surface area (TPSA) is 33.0 Å². The first kappa shape index (κ1) is 11.7. The molecule has 1 aliphatic rings. The van der Waals surface area contributed by atoms with E-state index in [1.807, 2.05) is 6.07 Å². The number of ether oxygens (including phenoxy) is 1. The van der Waals surface area contributed by atoms with Gasteiger partial charge in [0.2, 0.25) is 0 Å². The Morgan fingerprint density at radius 1 is 1.43 bits per heavy atom. The van der Waals surface area contributed by atoms with Crippen LogP contribution in [0.4, 0.5) is 0 Å². The second-order valence-corrected chi connectivity index (χ2v) is 4.72. The van der Waals surface area contributed by atoms with Gasteiger partial charge in [-0.15, -0.1) is 29.1 Å². The Labute approximate surface area is 94.1 Å². The molecule has 4 heteroatoms. The smallest absolute Gasteiger partial charge is 0.122 e. The Morgan fingerprint density at radius 3 is 2.71 bits per heavy atom. The first-order valence-electron chi connectivity index (χ1n) is 4.45. The molecule has 1 rings (SSSR count). The van der Waals surface area contributed by atoms with Crippen LogP contribution in [0.15, 0.2) is 0 Å². The fourth-order valence-corrected chi connectivity index (χ4v) is 1.51. The first-order valence-corrected chi connectivity index (χ1v) is 5.20. The van der Waals surface area contributed by atoms with Crippen LogP contribution in [0.2, 0.25) is 0 Å². The lowest BCUT2D eigenvalue weighted by Crippen LogP contribution is -1.93.